The summed E-state index contributed by atoms with van der Waals surface area (Å²) in [5, 5.41) is 0. The minimum atomic E-state index is -2.63. The number of likely N-dealkylation sites (N-methyl/N-ethyl adjacent to an activating group) is 2. The maximum atomic E-state index is 11.2. The van der Waals surface area contributed by atoms with Gasteiger partial charge >= 0.3 is 37.7 Å². The molecule has 4 rings (SSSR count). The number of hydrogen-bond acceptors (Lipinski definition) is 12. The summed E-state index contributed by atoms with van der Waals surface area (Å²) in [6, 6.07) is 0. The van der Waals surface area contributed by atoms with Crippen molar-refractivity contribution in [3.8, 4) is 0 Å². The molecule has 4 fully saturated rings. The normalized spacial score (nSPS) is 38.3. The van der Waals surface area contributed by atoms with Crippen molar-refractivity contribution in [3.05, 3.63) is 0 Å². The van der Waals surface area contributed by atoms with E-state index in [1.54, 1.807) is 14.1 Å². The molecule has 0 N–H and O–H groups in total. The fourth-order valence-electron chi connectivity index (χ4n) is 3.88. The van der Waals surface area contributed by atoms with Crippen LogP contribution >= 0.6 is 0 Å². The Morgan fingerprint density at radius 1 is 0.667 bits per heavy atom. The second-order valence-corrected chi connectivity index (χ2v) is 7.98. The molecule has 4 heterocycles. The summed E-state index contributed by atoms with van der Waals surface area (Å²) < 4.78 is 28.9. The molecule has 0 saturated carbocycles. The molecule has 0 aliphatic carbocycles. The van der Waals surface area contributed by atoms with Crippen molar-refractivity contribution in [1.82, 2.24) is 0 Å². The first-order valence-electron chi connectivity index (χ1n) is 8.95. The lowest BCUT2D eigenvalue weighted by Crippen LogP contribution is -2.62. The standard InChI is InChI=1S/2C7H10BNO6/c2*1-5(10)13-8-9(2,3-6(11)14-8)4-7(12)15-8/h2*3-4H2,1-2H3. The Morgan fingerprint density at radius 2 is 0.900 bits per heavy atom. The summed E-state index contributed by atoms with van der Waals surface area (Å²) >= 11 is 0. The molecule has 14 nitrogen and oxygen atoms in total. The monoisotopic (exact) mass is 430 g/mol. The fourth-order valence-corrected chi connectivity index (χ4v) is 3.88. The third-order valence-corrected chi connectivity index (χ3v) is 5.24. The van der Waals surface area contributed by atoms with Crippen molar-refractivity contribution in [3.63, 3.8) is 0 Å². The summed E-state index contributed by atoms with van der Waals surface area (Å²) in [4.78, 5) is 66.4. The average molecular weight is 430 g/mol. The average Bonchev–Trinajstić information content (AvgIpc) is 3.03. The van der Waals surface area contributed by atoms with Crippen molar-refractivity contribution in [1.29, 1.82) is 0 Å². The van der Waals surface area contributed by atoms with Crippen molar-refractivity contribution >= 4 is 49.6 Å². The molecule has 0 radical (unpaired) electrons. The fraction of sp³-hybridized carbons (Fsp3) is 0.571. The number of hydrogen-bond donors (Lipinski definition) is 0. The highest BCUT2D eigenvalue weighted by Crippen LogP contribution is 2.35. The van der Waals surface area contributed by atoms with Gasteiger partial charge in [0.25, 0.3) is 11.9 Å². The molecule has 4 aliphatic heterocycles. The molecule has 0 aromatic rings. The van der Waals surface area contributed by atoms with Crippen molar-refractivity contribution in [2.75, 3.05) is 40.3 Å². The zero-order chi connectivity index (χ0) is 22.5. The van der Waals surface area contributed by atoms with Gasteiger partial charge in [-0.2, -0.15) is 0 Å². The summed E-state index contributed by atoms with van der Waals surface area (Å²) in [6.07, 6.45) is 0. The molecule has 0 spiro atoms. The van der Waals surface area contributed by atoms with Gasteiger partial charge in [0.15, 0.2) is 0 Å². The molecular formula is C14H20B2N2O12. The minimum Gasteiger partial charge on any atom is -0.565 e. The third-order valence-electron chi connectivity index (χ3n) is 5.24. The predicted octanol–water partition coefficient (Wildman–Crippen LogP) is -2.91. The van der Waals surface area contributed by atoms with Crippen LogP contribution in [0.25, 0.3) is 0 Å². The lowest BCUT2D eigenvalue weighted by molar-refractivity contribution is -0.801. The Balaban J connectivity index is 0.000000171. The van der Waals surface area contributed by atoms with E-state index in [1.165, 1.54) is 13.8 Å². The van der Waals surface area contributed by atoms with Crippen molar-refractivity contribution in [2.24, 2.45) is 0 Å². The molecule has 16 heteroatoms. The molecule has 0 atom stereocenters. The third kappa shape index (κ3) is 3.37. The number of rotatable bonds is 2. The number of fused-ring (bicyclic) bond motifs is 2. The van der Waals surface area contributed by atoms with Crippen molar-refractivity contribution < 1.29 is 65.5 Å². The van der Waals surface area contributed by atoms with E-state index < -0.39 is 49.6 Å². The largest absolute Gasteiger partial charge is 0.806 e. The highest BCUT2D eigenvalue weighted by Gasteiger charge is 2.71. The van der Waals surface area contributed by atoms with Gasteiger partial charge in [0, 0.05) is 27.9 Å². The van der Waals surface area contributed by atoms with E-state index in [-0.39, 0.29) is 35.0 Å². The van der Waals surface area contributed by atoms with Crippen LogP contribution in [0.5, 0.6) is 0 Å². The highest BCUT2D eigenvalue weighted by atomic mass is 16.8. The summed E-state index contributed by atoms with van der Waals surface area (Å²) in [7, 11) is 3.16. The van der Waals surface area contributed by atoms with E-state index in [0.29, 0.717) is 0 Å². The Hall–Kier alpha value is -3.13. The van der Waals surface area contributed by atoms with E-state index in [2.05, 4.69) is 0 Å². The molecule has 0 aromatic carbocycles. The first-order chi connectivity index (χ1) is 13.7. The van der Waals surface area contributed by atoms with Crippen LogP contribution in [0.2, 0.25) is 0 Å². The van der Waals surface area contributed by atoms with E-state index in [0.717, 1.165) is 0 Å². The zero-order valence-corrected chi connectivity index (χ0v) is 16.8. The minimum absolute atomic E-state index is 0.0288. The predicted molar refractivity (Wildman–Crippen MR) is 91.2 cm³/mol. The maximum Gasteiger partial charge on any atom is 0.806 e. The molecule has 0 aromatic heterocycles. The van der Waals surface area contributed by atoms with E-state index in [9.17, 15) is 28.8 Å². The van der Waals surface area contributed by atoms with Gasteiger partial charge in [-0.05, 0) is 0 Å². The molecule has 164 valence electrons. The quantitative estimate of drug-likeness (QED) is 0.412. The van der Waals surface area contributed by atoms with Crippen LogP contribution in [-0.4, -0.2) is 98.7 Å². The van der Waals surface area contributed by atoms with E-state index >= 15 is 0 Å². The number of quaternary nitrogens is 2. The second-order valence-electron chi connectivity index (χ2n) is 7.98. The topological polar surface area (TPSA) is 158 Å². The molecule has 4 saturated heterocycles. The molecule has 30 heavy (non-hydrogen) atoms. The Morgan fingerprint density at radius 3 is 1.10 bits per heavy atom. The second kappa shape index (κ2) is 6.70. The van der Waals surface area contributed by atoms with Crippen LogP contribution in [0.3, 0.4) is 0 Å². The molecular weight excluding hydrogens is 410 g/mol. The first-order valence-corrected chi connectivity index (χ1v) is 8.95. The van der Waals surface area contributed by atoms with Gasteiger partial charge < -0.3 is 36.7 Å². The summed E-state index contributed by atoms with van der Waals surface area (Å²) in [5.41, 5.74) is 0. The zero-order valence-electron chi connectivity index (χ0n) is 16.8. The van der Waals surface area contributed by atoms with Crippen LogP contribution < -0.4 is 0 Å². The Labute approximate surface area is 170 Å². The van der Waals surface area contributed by atoms with Gasteiger partial charge in [0.05, 0.1) is 0 Å². The van der Waals surface area contributed by atoms with Crippen LogP contribution in [0, 0.1) is 0 Å². The molecule has 4 aliphatic rings. The van der Waals surface area contributed by atoms with Crippen LogP contribution in [0.15, 0.2) is 0 Å². The van der Waals surface area contributed by atoms with Gasteiger partial charge in [-0.25, -0.2) is 0 Å². The van der Waals surface area contributed by atoms with Gasteiger partial charge in [0.1, 0.15) is 26.2 Å². The smallest absolute Gasteiger partial charge is 0.565 e. The number of carbonyl (C=O) groups is 6. The molecule has 0 bridgehead atoms. The number of carbonyl (C=O) groups excluding carboxylic acids is 6. The van der Waals surface area contributed by atoms with Crippen LogP contribution in [0.1, 0.15) is 13.8 Å². The van der Waals surface area contributed by atoms with Gasteiger partial charge in [-0.3, -0.25) is 28.8 Å². The number of nitrogens with zero attached hydrogens (tertiary/aromatic N) is 2. The molecule has 0 amide bonds. The maximum absolute atomic E-state index is 11.2. The van der Waals surface area contributed by atoms with Crippen LogP contribution in [0.4, 0.5) is 0 Å². The highest BCUT2D eigenvalue weighted by molar-refractivity contribution is 6.61. The Bertz CT molecular complexity index is 763. The van der Waals surface area contributed by atoms with Gasteiger partial charge in [-0.1, -0.05) is 0 Å². The van der Waals surface area contributed by atoms with Crippen LogP contribution in [-0.2, 0) is 56.7 Å². The first kappa shape index (κ1) is 21.6. The molecule has 0 unspecified atom stereocenters. The summed E-state index contributed by atoms with van der Waals surface area (Å²) in [6.45, 7) is -3.05. The van der Waals surface area contributed by atoms with E-state index in [4.69, 9.17) is 27.9 Å². The van der Waals surface area contributed by atoms with E-state index in [1.807, 2.05) is 0 Å². The lowest BCUT2D eigenvalue weighted by atomic mass is 9.92. The van der Waals surface area contributed by atoms with Gasteiger partial charge in [0.2, 0.25) is 0 Å². The van der Waals surface area contributed by atoms with Crippen molar-refractivity contribution in [2.45, 2.75) is 13.8 Å². The SMILES string of the molecule is CC(=O)O[B-]12OC(=O)C[N+]1(C)CC(=O)O2.CC(=O)O[B-]12OC(=O)C[N+]1(C)CC(=O)O2. The van der Waals surface area contributed by atoms with Gasteiger partial charge in [-0.15, -0.1) is 0 Å². The summed E-state index contributed by atoms with van der Waals surface area (Å²) in [5.74, 6) is -3.44. The Kier molecular flexibility index (Phi) is 4.82. The lowest BCUT2D eigenvalue weighted by Gasteiger charge is -2.37.